The standard InChI is InChI=1S/C32H30FN3O3S/c1-35(19-17-23-7-3-2-4-8-23)20-18-34-31(37)25-13-16-30-28(21-25)36(22-24-11-14-26(33)15-12-24)32(38)27-9-5-6-10-29(27)40(30)39/h2-16,21H,17-20,22H2,1H3,(H,34,37)/t40-/m0/s1. The van der Waals surface area contributed by atoms with Gasteiger partial charge in [0.25, 0.3) is 11.8 Å². The number of benzene rings is 4. The molecule has 0 bridgehead atoms. The summed E-state index contributed by atoms with van der Waals surface area (Å²) in [4.78, 5) is 31.4. The molecule has 1 atom stereocenters. The van der Waals surface area contributed by atoms with Gasteiger partial charge in [-0.2, -0.15) is 0 Å². The van der Waals surface area contributed by atoms with E-state index in [1.54, 1.807) is 54.6 Å². The third kappa shape index (κ3) is 6.19. The normalized spacial score (nSPS) is 14.4. The van der Waals surface area contributed by atoms with Crippen LogP contribution in [0.15, 0.2) is 107 Å². The highest BCUT2D eigenvalue weighted by atomic mass is 32.2. The Labute approximate surface area is 235 Å². The largest absolute Gasteiger partial charge is 0.351 e. The average molecular weight is 556 g/mol. The third-order valence-electron chi connectivity index (χ3n) is 6.93. The molecule has 0 aliphatic carbocycles. The number of halogens is 1. The third-order valence-corrected chi connectivity index (χ3v) is 8.43. The van der Waals surface area contributed by atoms with E-state index in [2.05, 4.69) is 22.3 Å². The molecule has 0 spiro atoms. The first-order valence-corrected chi connectivity index (χ1v) is 14.3. The van der Waals surface area contributed by atoms with Gasteiger partial charge in [0, 0.05) is 25.2 Å². The van der Waals surface area contributed by atoms with Crippen LogP contribution in [0.25, 0.3) is 0 Å². The number of anilines is 1. The van der Waals surface area contributed by atoms with Crippen molar-refractivity contribution in [2.45, 2.75) is 22.8 Å². The van der Waals surface area contributed by atoms with Crippen LogP contribution < -0.4 is 10.2 Å². The summed E-state index contributed by atoms with van der Waals surface area (Å²) in [5, 5.41) is 2.96. The van der Waals surface area contributed by atoms with E-state index in [9.17, 15) is 18.2 Å². The maximum atomic E-state index is 13.7. The number of hydrogen-bond donors (Lipinski definition) is 1. The molecule has 40 heavy (non-hydrogen) atoms. The number of hydrogen-bond acceptors (Lipinski definition) is 4. The molecule has 5 rings (SSSR count). The predicted molar refractivity (Wildman–Crippen MR) is 154 cm³/mol. The van der Waals surface area contributed by atoms with Crippen molar-refractivity contribution >= 4 is 28.3 Å². The number of nitrogens with zero attached hydrogens (tertiary/aromatic N) is 2. The van der Waals surface area contributed by atoms with Crippen LogP contribution in [-0.4, -0.2) is 47.6 Å². The van der Waals surface area contributed by atoms with Gasteiger partial charge in [0.15, 0.2) is 0 Å². The Hall–Kier alpha value is -4.14. The Morgan fingerprint density at radius 2 is 1.60 bits per heavy atom. The quantitative estimate of drug-likeness (QED) is 0.314. The highest BCUT2D eigenvalue weighted by Crippen LogP contribution is 2.36. The van der Waals surface area contributed by atoms with Gasteiger partial charge >= 0.3 is 0 Å². The summed E-state index contributed by atoms with van der Waals surface area (Å²) >= 11 is 0. The van der Waals surface area contributed by atoms with Crippen molar-refractivity contribution in [3.05, 3.63) is 125 Å². The molecule has 4 aromatic carbocycles. The summed E-state index contributed by atoms with van der Waals surface area (Å²) in [7, 11) is 0.395. The van der Waals surface area contributed by atoms with Crippen molar-refractivity contribution in [1.29, 1.82) is 0 Å². The van der Waals surface area contributed by atoms with Gasteiger partial charge in [0.05, 0.1) is 38.4 Å². The average Bonchev–Trinajstić information content (AvgIpc) is 3.07. The highest BCUT2D eigenvalue weighted by Gasteiger charge is 2.31. The lowest BCUT2D eigenvalue weighted by Crippen LogP contribution is -2.34. The van der Waals surface area contributed by atoms with Gasteiger partial charge in [-0.05, 0) is 67.1 Å². The van der Waals surface area contributed by atoms with Crippen molar-refractivity contribution in [2.24, 2.45) is 0 Å². The number of carbonyl (C=O) groups is 2. The molecule has 0 aromatic heterocycles. The lowest BCUT2D eigenvalue weighted by molar-refractivity contribution is 0.0946. The molecule has 4 aromatic rings. The van der Waals surface area contributed by atoms with Crippen LogP contribution in [0.2, 0.25) is 0 Å². The van der Waals surface area contributed by atoms with E-state index in [1.165, 1.54) is 22.6 Å². The Kier molecular flexibility index (Phi) is 8.48. The Morgan fingerprint density at radius 3 is 2.38 bits per heavy atom. The van der Waals surface area contributed by atoms with Crippen LogP contribution >= 0.6 is 0 Å². The van der Waals surface area contributed by atoms with Gasteiger partial charge in [-0.3, -0.25) is 9.59 Å². The molecule has 6 nitrogen and oxygen atoms in total. The number of amides is 2. The maximum Gasteiger partial charge on any atom is 0.259 e. The summed E-state index contributed by atoms with van der Waals surface area (Å²) in [6, 6.07) is 27.9. The molecule has 8 heteroatoms. The minimum Gasteiger partial charge on any atom is -0.351 e. The van der Waals surface area contributed by atoms with E-state index in [1.807, 2.05) is 25.2 Å². The van der Waals surface area contributed by atoms with Crippen LogP contribution in [0.1, 0.15) is 31.8 Å². The summed E-state index contributed by atoms with van der Waals surface area (Å²) in [5.41, 5.74) is 3.08. The minimum absolute atomic E-state index is 0.134. The maximum absolute atomic E-state index is 13.7. The molecule has 0 saturated carbocycles. The number of carbonyl (C=O) groups excluding carboxylic acids is 2. The van der Waals surface area contributed by atoms with E-state index >= 15 is 0 Å². The van der Waals surface area contributed by atoms with Gasteiger partial charge in [-0.15, -0.1) is 0 Å². The van der Waals surface area contributed by atoms with Gasteiger partial charge in [-0.1, -0.05) is 54.6 Å². The first-order chi connectivity index (χ1) is 19.4. The molecule has 0 radical (unpaired) electrons. The van der Waals surface area contributed by atoms with Crippen molar-refractivity contribution in [1.82, 2.24) is 10.2 Å². The minimum atomic E-state index is -1.62. The van der Waals surface area contributed by atoms with E-state index in [0.717, 1.165) is 13.0 Å². The fraction of sp³-hybridized carbons (Fsp3) is 0.188. The monoisotopic (exact) mass is 555 g/mol. The first-order valence-electron chi connectivity index (χ1n) is 13.1. The van der Waals surface area contributed by atoms with E-state index in [0.29, 0.717) is 45.3 Å². The fourth-order valence-electron chi connectivity index (χ4n) is 4.67. The van der Waals surface area contributed by atoms with Crippen molar-refractivity contribution in [3.8, 4) is 0 Å². The lowest BCUT2D eigenvalue weighted by atomic mass is 10.1. The second-order valence-electron chi connectivity index (χ2n) is 9.76. The van der Waals surface area contributed by atoms with Crippen LogP contribution in [0, 0.1) is 5.82 Å². The van der Waals surface area contributed by atoms with E-state index in [4.69, 9.17) is 0 Å². The van der Waals surface area contributed by atoms with Gasteiger partial charge in [0.1, 0.15) is 5.82 Å². The fourth-order valence-corrected chi connectivity index (χ4v) is 6.02. The van der Waals surface area contributed by atoms with Crippen molar-refractivity contribution < 1.29 is 18.2 Å². The van der Waals surface area contributed by atoms with Crippen LogP contribution in [-0.2, 0) is 23.8 Å². The van der Waals surface area contributed by atoms with Gasteiger partial charge in [-0.25, -0.2) is 8.60 Å². The SMILES string of the molecule is CN(CCNC(=O)c1ccc2c(c1)N(Cc1ccc(F)cc1)C(=O)c1ccccc1[S@@]2=O)CCc1ccccc1. The second-order valence-corrected chi connectivity index (χ2v) is 11.2. The predicted octanol–water partition coefficient (Wildman–Crippen LogP) is 5.06. The molecular weight excluding hydrogens is 525 g/mol. The number of fused-ring (bicyclic) bond motifs is 2. The number of rotatable bonds is 9. The summed E-state index contributed by atoms with van der Waals surface area (Å²) < 4.78 is 27.1. The van der Waals surface area contributed by atoms with Gasteiger partial charge < -0.3 is 15.1 Å². The summed E-state index contributed by atoms with van der Waals surface area (Å²) in [6.07, 6.45) is 0.924. The summed E-state index contributed by atoms with van der Waals surface area (Å²) in [6.45, 7) is 2.13. The van der Waals surface area contributed by atoms with Crippen molar-refractivity contribution in [3.63, 3.8) is 0 Å². The highest BCUT2D eigenvalue weighted by molar-refractivity contribution is 7.85. The molecule has 204 valence electrons. The molecule has 0 saturated heterocycles. The first kappa shape index (κ1) is 27.4. The van der Waals surface area contributed by atoms with Crippen LogP contribution in [0.3, 0.4) is 0 Å². The molecule has 1 aliphatic rings. The molecule has 1 N–H and O–H groups in total. The van der Waals surface area contributed by atoms with Crippen LogP contribution in [0.4, 0.5) is 10.1 Å². The number of likely N-dealkylation sites (N-methyl/N-ethyl adjacent to an activating group) is 1. The molecule has 0 fully saturated rings. The second kappa shape index (κ2) is 12.4. The molecular formula is C32H30FN3O3S. The topological polar surface area (TPSA) is 69.7 Å². The lowest BCUT2D eigenvalue weighted by Gasteiger charge is -2.24. The van der Waals surface area contributed by atoms with Crippen LogP contribution in [0.5, 0.6) is 0 Å². The molecule has 2 amide bonds. The zero-order valence-corrected chi connectivity index (χ0v) is 23.0. The Bertz CT molecular complexity index is 1540. The molecule has 0 unspecified atom stereocenters. The zero-order chi connectivity index (χ0) is 28.1. The van der Waals surface area contributed by atoms with E-state index in [-0.39, 0.29) is 24.2 Å². The smallest absolute Gasteiger partial charge is 0.259 e. The van der Waals surface area contributed by atoms with Gasteiger partial charge in [0.2, 0.25) is 0 Å². The Balaban J connectivity index is 1.34. The van der Waals surface area contributed by atoms with E-state index < -0.39 is 10.8 Å². The van der Waals surface area contributed by atoms with Crippen molar-refractivity contribution in [2.75, 3.05) is 31.6 Å². The molecule has 1 heterocycles. The zero-order valence-electron chi connectivity index (χ0n) is 22.2. The Morgan fingerprint density at radius 1 is 0.875 bits per heavy atom. The molecule has 1 aliphatic heterocycles. The number of nitrogens with one attached hydrogen (secondary N) is 1. The summed E-state index contributed by atoms with van der Waals surface area (Å²) in [5.74, 6) is -0.979.